The third kappa shape index (κ3) is 5.29. The second-order valence-electron chi connectivity index (χ2n) is 6.14. The molecule has 4 nitrogen and oxygen atoms in total. The molecule has 1 aromatic heterocycles. The Balaban J connectivity index is 2.34. The quantitative estimate of drug-likeness (QED) is 0.573. The number of hydrogen-bond donors (Lipinski definition) is 0. The second kappa shape index (κ2) is 7.18. The molecular weight excluding hydrogens is 315 g/mol. The van der Waals surface area contributed by atoms with E-state index in [2.05, 4.69) is 44.1 Å². The smallest absolute Gasteiger partial charge is 0.192 e. The Kier molecular flexibility index (Phi) is 6.41. The zero-order valence-electron chi connectivity index (χ0n) is 12.7. The summed E-state index contributed by atoms with van der Waals surface area (Å²) in [5.41, 5.74) is 0.735. The van der Waals surface area contributed by atoms with Gasteiger partial charge in [-0.1, -0.05) is 44.0 Å². The predicted octanol–water partition coefficient (Wildman–Crippen LogP) is 4.32. The molecule has 0 aromatic carbocycles. The van der Waals surface area contributed by atoms with Crippen molar-refractivity contribution in [2.75, 3.05) is 13.2 Å². The van der Waals surface area contributed by atoms with Crippen molar-refractivity contribution < 1.29 is 9.16 Å². The highest BCUT2D eigenvalue weighted by Crippen LogP contribution is 2.36. The standard InChI is InChI=1S/C13H22Cl2N2O2Si/c1-13(2,3)20(4,5)19-7-6-18-9-10-8-11(14)16-17-12(10)15/h8H,6-7,9H2,1-5H3. The van der Waals surface area contributed by atoms with Crippen LogP contribution in [-0.4, -0.2) is 31.7 Å². The topological polar surface area (TPSA) is 44.2 Å². The molecular formula is C13H22Cl2N2O2Si. The zero-order chi connectivity index (χ0) is 15.4. The number of hydrogen-bond acceptors (Lipinski definition) is 4. The third-order valence-electron chi connectivity index (χ3n) is 3.55. The summed E-state index contributed by atoms with van der Waals surface area (Å²) >= 11 is 11.7. The summed E-state index contributed by atoms with van der Waals surface area (Å²) in [6.45, 7) is 12.5. The fourth-order valence-electron chi connectivity index (χ4n) is 1.24. The largest absolute Gasteiger partial charge is 0.414 e. The van der Waals surface area contributed by atoms with E-state index < -0.39 is 8.32 Å². The number of halogens is 2. The average Bonchev–Trinajstić information content (AvgIpc) is 2.31. The van der Waals surface area contributed by atoms with Gasteiger partial charge in [-0.15, -0.1) is 10.2 Å². The van der Waals surface area contributed by atoms with Crippen molar-refractivity contribution in [2.45, 2.75) is 45.5 Å². The molecule has 114 valence electrons. The minimum atomic E-state index is -1.70. The van der Waals surface area contributed by atoms with Gasteiger partial charge in [-0.25, -0.2) is 0 Å². The van der Waals surface area contributed by atoms with Gasteiger partial charge < -0.3 is 9.16 Å². The minimum Gasteiger partial charge on any atom is -0.414 e. The Hall–Kier alpha value is -0.203. The van der Waals surface area contributed by atoms with Crippen molar-refractivity contribution >= 4 is 31.5 Å². The lowest BCUT2D eigenvalue weighted by Crippen LogP contribution is -2.41. The van der Waals surface area contributed by atoms with Crippen LogP contribution in [0.25, 0.3) is 0 Å². The van der Waals surface area contributed by atoms with E-state index in [1.165, 1.54) is 0 Å². The lowest BCUT2D eigenvalue weighted by atomic mass is 10.2. The molecule has 0 unspecified atom stereocenters. The molecule has 0 aliphatic rings. The van der Waals surface area contributed by atoms with Gasteiger partial charge in [0.1, 0.15) is 0 Å². The van der Waals surface area contributed by atoms with Crippen molar-refractivity contribution in [3.63, 3.8) is 0 Å². The first-order valence-electron chi connectivity index (χ1n) is 6.53. The molecule has 7 heteroatoms. The first-order chi connectivity index (χ1) is 9.13. The molecule has 0 bridgehead atoms. The van der Waals surface area contributed by atoms with Crippen LogP contribution >= 0.6 is 23.2 Å². The third-order valence-corrected chi connectivity index (χ3v) is 8.59. The van der Waals surface area contributed by atoms with Crippen molar-refractivity contribution in [2.24, 2.45) is 0 Å². The van der Waals surface area contributed by atoms with E-state index in [0.717, 1.165) is 5.56 Å². The molecule has 20 heavy (non-hydrogen) atoms. The molecule has 0 saturated heterocycles. The summed E-state index contributed by atoms with van der Waals surface area (Å²) in [7, 11) is -1.70. The Bertz CT molecular complexity index is 450. The Morgan fingerprint density at radius 1 is 1.15 bits per heavy atom. The normalized spacial score (nSPS) is 12.8. The van der Waals surface area contributed by atoms with E-state index in [9.17, 15) is 0 Å². The van der Waals surface area contributed by atoms with Crippen LogP contribution in [0.1, 0.15) is 26.3 Å². The molecule has 1 aromatic rings. The van der Waals surface area contributed by atoms with Crippen LogP contribution in [0, 0.1) is 0 Å². The van der Waals surface area contributed by atoms with Gasteiger partial charge in [0.25, 0.3) is 0 Å². The van der Waals surface area contributed by atoms with Crippen LogP contribution < -0.4 is 0 Å². The van der Waals surface area contributed by atoms with Gasteiger partial charge in [-0.2, -0.15) is 0 Å². The van der Waals surface area contributed by atoms with Crippen molar-refractivity contribution in [3.8, 4) is 0 Å². The average molecular weight is 337 g/mol. The number of ether oxygens (including phenoxy) is 1. The maximum Gasteiger partial charge on any atom is 0.192 e. The van der Waals surface area contributed by atoms with E-state index in [0.29, 0.717) is 30.1 Å². The van der Waals surface area contributed by atoms with Crippen molar-refractivity contribution in [3.05, 3.63) is 21.9 Å². The lowest BCUT2D eigenvalue weighted by molar-refractivity contribution is 0.0844. The first kappa shape index (κ1) is 17.8. The molecule has 0 amide bonds. The summed E-state index contributed by atoms with van der Waals surface area (Å²) in [6.07, 6.45) is 0. The van der Waals surface area contributed by atoms with E-state index in [4.69, 9.17) is 32.4 Å². The maximum absolute atomic E-state index is 6.01. The van der Waals surface area contributed by atoms with Crippen molar-refractivity contribution in [1.82, 2.24) is 10.2 Å². The molecule has 1 heterocycles. The Labute approximate surface area is 131 Å². The molecule has 0 N–H and O–H groups in total. The summed E-state index contributed by atoms with van der Waals surface area (Å²) in [5.74, 6) is 0. The van der Waals surface area contributed by atoms with Crippen molar-refractivity contribution in [1.29, 1.82) is 0 Å². The van der Waals surface area contributed by atoms with Gasteiger partial charge in [-0.3, -0.25) is 0 Å². The van der Waals surface area contributed by atoms with Crippen LogP contribution in [0.15, 0.2) is 6.07 Å². The van der Waals surface area contributed by atoms with Crippen LogP contribution in [-0.2, 0) is 15.8 Å². The van der Waals surface area contributed by atoms with Crippen LogP contribution in [0.2, 0.25) is 28.4 Å². The molecule has 0 radical (unpaired) electrons. The highest BCUT2D eigenvalue weighted by molar-refractivity contribution is 6.74. The van der Waals surface area contributed by atoms with E-state index in [1.54, 1.807) is 6.07 Å². The number of nitrogens with zero attached hydrogens (tertiary/aromatic N) is 2. The van der Waals surface area contributed by atoms with Gasteiger partial charge >= 0.3 is 0 Å². The highest BCUT2D eigenvalue weighted by Gasteiger charge is 2.36. The van der Waals surface area contributed by atoms with E-state index in [1.807, 2.05) is 0 Å². The maximum atomic E-state index is 6.01. The second-order valence-corrected chi connectivity index (χ2v) is 11.7. The van der Waals surface area contributed by atoms with Crippen LogP contribution in [0.4, 0.5) is 0 Å². The van der Waals surface area contributed by atoms with Gasteiger partial charge in [0.15, 0.2) is 18.6 Å². The fourth-order valence-corrected chi connectivity index (χ4v) is 2.59. The van der Waals surface area contributed by atoms with Gasteiger partial charge in [0, 0.05) is 5.56 Å². The fraction of sp³-hybridized carbons (Fsp3) is 0.692. The van der Waals surface area contributed by atoms with Gasteiger partial charge in [0.05, 0.1) is 19.8 Å². The molecule has 1 rings (SSSR count). The Morgan fingerprint density at radius 2 is 1.80 bits per heavy atom. The summed E-state index contributed by atoms with van der Waals surface area (Å²) < 4.78 is 11.6. The Morgan fingerprint density at radius 3 is 2.40 bits per heavy atom. The molecule has 0 atom stereocenters. The molecule has 0 aliphatic carbocycles. The zero-order valence-corrected chi connectivity index (χ0v) is 15.2. The number of aromatic nitrogens is 2. The SMILES string of the molecule is CC(C)(C)[Si](C)(C)OCCOCc1cc(Cl)nnc1Cl. The van der Waals surface area contributed by atoms with Gasteiger partial charge in [0.2, 0.25) is 0 Å². The predicted molar refractivity (Wildman–Crippen MR) is 84.9 cm³/mol. The van der Waals surface area contributed by atoms with Crippen LogP contribution in [0.3, 0.4) is 0 Å². The minimum absolute atomic E-state index is 0.207. The first-order valence-corrected chi connectivity index (χ1v) is 10.2. The monoisotopic (exact) mass is 336 g/mol. The summed E-state index contributed by atoms with van der Waals surface area (Å²) in [5, 5.41) is 8.22. The molecule has 0 fully saturated rings. The lowest BCUT2D eigenvalue weighted by Gasteiger charge is -2.36. The van der Waals surface area contributed by atoms with E-state index >= 15 is 0 Å². The summed E-state index contributed by atoms with van der Waals surface area (Å²) in [4.78, 5) is 0. The molecule has 0 saturated carbocycles. The molecule has 0 aliphatic heterocycles. The van der Waals surface area contributed by atoms with Gasteiger partial charge in [-0.05, 0) is 24.2 Å². The van der Waals surface area contributed by atoms with Crippen LogP contribution in [0.5, 0.6) is 0 Å². The van der Waals surface area contributed by atoms with E-state index in [-0.39, 0.29) is 5.04 Å². The number of rotatable bonds is 6. The molecule has 0 spiro atoms. The summed E-state index contributed by atoms with van der Waals surface area (Å²) in [6, 6.07) is 1.66. The highest BCUT2D eigenvalue weighted by atomic mass is 35.5.